The number of aliphatic carboxylic acids is 1. The Bertz CT molecular complexity index is 408. The lowest BCUT2D eigenvalue weighted by Gasteiger charge is -2.10. The summed E-state index contributed by atoms with van der Waals surface area (Å²) in [6.07, 6.45) is 0.521. The number of carboxylic acids is 1. The second-order valence-corrected chi connectivity index (χ2v) is 5.21. The molecule has 1 aromatic rings. The molecule has 0 heterocycles. The third-order valence-electron chi connectivity index (χ3n) is 2.73. The van der Waals surface area contributed by atoms with Crippen molar-refractivity contribution in [3.8, 4) is 0 Å². The molecule has 0 saturated carbocycles. The van der Waals surface area contributed by atoms with E-state index < -0.39 is 11.9 Å². The van der Waals surface area contributed by atoms with Gasteiger partial charge >= 0.3 is 5.97 Å². The molecule has 4 nitrogen and oxygen atoms in total. The second-order valence-electron chi connectivity index (χ2n) is 4.23. The quantitative estimate of drug-likeness (QED) is 0.766. The molecule has 104 valence electrons. The highest BCUT2D eigenvalue weighted by molar-refractivity contribution is 7.99. The van der Waals surface area contributed by atoms with Crippen LogP contribution in [-0.2, 0) is 15.3 Å². The number of thioether (sulfide) groups is 1. The minimum absolute atomic E-state index is 0.111. The topological polar surface area (TPSA) is 66.4 Å². The number of carbonyl (C=O) groups excluding carboxylic acids is 1. The highest BCUT2D eigenvalue weighted by Crippen LogP contribution is 2.11. The van der Waals surface area contributed by atoms with E-state index in [-0.39, 0.29) is 12.5 Å². The van der Waals surface area contributed by atoms with Crippen molar-refractivity contribution in [2.45, 2.75) is 19.1 Å². The minimum atomic E-state index is -0.861. The molecule has 2 N–H and O–H groups in total. The molecule has 0 aliphatic carbocycles. The average Bonchev–Trinajstić information content (AvgIpc) is 2.40. The first-order valence-corrected chi connectivity index (χ1v) is 7.40. The van der Waals surface area contributed by atoms with Crippen molar-refractivity contribution in [2.24, 2.45) is 5.92 Å². The van der Waals surface area contributed by atoms with Crippen LogP contribution in [-0.4, -0.2) is 29.3 Å². The van der Waals surface area contributed by atoms with Crippen LogP contribution in [0.3, 0.4) is 0 Å². The first-order chi connectivity index (χ1) is 9.13. The summed E-state index contributed by atoms with van der Waals surface area (Å²) in [6, 6.07) is 9.92. The fraction of sp³-hybridized carbons (Fsp3) is 0.429. The van der Waals surface area contributed by atoms with Gasteiger partial charge in [-0.3, -0.25) is 9.59 Å². The number of amides is 1. The van der Waals surface area contributed by atoms with Gasteiger partial charge in [-0.15, -0.1) is 11.8 Å². The molecule has 0 spiro atoms. The summed E-state index contributed by atoms with van der Waals surface area (Å²) in [7, 11) is 0. The first kappa shape index (κ1) is 15.6. The maximum Gasteiger partial charge on any atom is 0.308 e. The molecule has 0 aliphatic heterocycles. The van der Waals surface area contributed by atoms with Crippen LogP contribution in [0, 0.1) is 5.92 Å². The van der Waals surface area contributed by atoms with Gasteiger partial charge in [-0.1, -0.05) is 37.3 Å². The Morgan fingerprint density at radius 2 is 2.00 bits per heavy atom. The van der Waals surface area contributed by atoms with E-state index in [0.29, 0.717) is 12.2 Å². The van der Waals surface area contributed by atoms with E-state index >= 15 is 0 Å². The Kier molecular flexibility index (Phi) is 7.03. The van der Waals surface area contributed by atoms with E-state index in [1.54, 1.807) is 6.92 Å². The average molecular weight is 281 g/mol. The minimum Gasteiger partial charge on any atom is -0.481 e. The van der Waals surface area contributed by atoms with Gasteiger partial charge in [0.15, 0.2) is 0 Å². The van der Waals surface area contributed by atoms with E-state index in [9.17, 15) is 9.59 Å². The highest BCUT2D eigenvalue weighted by atomic mass is 32.2. The van der Waals surface area contributed by atoms with Crippen LogP contribution in [0.15, 0.2) is 30.3 Å². The first-order valence-electron chi connectivity index (χ1n) is 6.24. The summed E-state index contributed by atoms with van der Waals surface area (Å²) in [5.41, 5.74) is 1.18. The number of rotatable bonds is 8. The summed E-state index contributed by atoms with van der Waals surface area (Å²) in [5, 5.41) is 11.5. The van der Waals surface area contributed by atoms with Crippen LogP contribution in [0.25, 0.3) is 0 Å². The lowest BCUT2D eigenvalue weighted by atomic mass is 10.1. The largest absolute Gasteiger partial charge is 0.481 e. The summed E-state index contributed by atoms with van der Waals surface area (Å²) < 4.78 is 0. The second kappa shape index (κ2) is 8.58. The van der Waals surface area contributed by atoms with Crippen molar-refractivity contribution >= 4 is 23.6 Å². The van der Waals surface area contributed by atoms with Gasteiger partial charge in [0.2, 0.25) is 5.91 Å². The zero-order valence-corrected chi connectivity index (χ0v) is 11.8. The van der Waals surface area contributed by atoms with Crippen molar-refractivity contribution in [3.63, 3.8) is 0 Å². The Balaban J connectivity index is 2.19. The van der Waals surface area contributed by atoms with Crippen LogP contribution >= 0.6 is 11.8 Å². The Labute approximate surface area is 117 Å². The van der Waals surface area contributed by atoms with Crippen molar-refractivity contribution in [3.05, 3.63) is 35.9 Å². The maximum absolute atomic E-state index is 11.6. The van der Waals surface area contributed by atoms with Gasteiger partial charge in [-0.05, 0) is 12.0 Å². The van der Waals surface area contributed by atoms with E-state index in [2.05, 4.69) is 5.32 Å². The molecule has 1 unspecified atom stereocenters. The standard InChI is InChI=1S/C14H19NO3S/c1-2-12(14(17)18)8-15-13(16)10-19-9-11-6-4-3-5-7-11/h3-7,12H,2,8-10H2,1H3,(H,15,16)(H,17,18). The molecular weight excluding hydrogens is 262 g/mol. The van der Waals surface area contributed by atoms with Crippen LogP contribution in [0.4, 0.5) is 0 Å². The van der Waals surface area contributed by atoms with Gasteiger partial charge in [-0.2, -0.15) is 0 Å². The molecule has 0 bridgehead atoms. The van der Waals surface area contributed by atoms with Gasteiger partial charge in [0.1, 0.15) is 0 Å². The fourth-order valence-electron chi connectivity index (χ4n) is 1.53. The highest BCUT2D eigenvalue weighted by Gasteiger charge is 2.15. The molecule has 0 aromatic heterocycles. The molecule has 0 saturated heterocycles. The van der Waals surface area contributed by atoms with E-state index in [1.807, 2.05) is 30.3 Å². The van der Waals surface area contributed by atoms with E-state index in [4.69, 9.17) is 5.11 Å². The van der Waals surface area contributed by atoms with Crippen LogP contribution in [0.1, 0.15) is 18.9 Å². The number of benzene rings is 1. The molecule has 1 amide bonds. The number of hydrogen-bond donors (Lipinski definition) is 2. The summed E-state index contributed by atoms with van der Waals surface area (Å²) in [5.74, 6) is -0.335. The van der Waals surface area contributed by atoms with Crippen LogP contribution in [0.5, 0.6) is 0 Å². The molecule has 0 fully saturated rings. The smallest absolute Gasteiger partial charge is 0.308 e. The Hall–Kier alpha value is -1.49. The monoisotopic (exact) mass is 281 g/mol. The van der Waals surface area contributed by atoms with Gasteiger partial charge in [0.05, 0.1) is 11.7 Å². The Morgan fingerprint density at radius 3 is 2.58 bits per heavy atom. The van der Waals surface area contributed by atoms with Crippen molar-refractivity contribution in [2.75, 3.05) is 12.3 Å². The predicted octanol–water partition coefficient (Wildman–Crippen LogP) is 2.15. The van der Waals surface area contributed by atoms with Gasteiger partial charge in [-0.25, -0.2) is 0 Å². The fourth-order valence-corrected chi connectivity index (χ4v) is 2.35. The number of hydrogen-bond acceptors (Lipinski definition) is 3. The van der Waals surface area contributed by atoms with Gasteiger partial charge < -0.3 is 10.4 Å². The lowest BCUT2D eigenvalue weighted by Crippen LogP contribution is -2.33. The molecule has 1 rings (SSSR count). The lowest BCUT2D eigenvalue weighted by molar-refractivity contribution is -0.141. The van der Waals surface area contributed by atoms with Gasteiger partial charge in [0.25, 0.3) is 0 Å². The van der Waals surface area contributed by atoms with E-state index in [1.165, 1.54) is 17.3 Å². The third-order valence-corrected chi connectivity index (χ3v) is 3.74. The Morgan fingerprint density at radius 1 is 1.32 bits per heavy atom. The molecule has 1 atom stereocenters. The summed E-state index contributed by atoms with van der Waals surface area (Å²) in [4.78, 5) is 22.3. The number of carbonyl (C=O) groups is 2. The summed E-state index contributed by atoms with van der Waals surface area (Å²) in [6.45, 7) is 2.01. The van der Waals surface area contributed by atoms with E-state index in [0.717, 1.165) is 5.75 Å². The van der Waals surface area contributed by atoms with Crippen LogP contribution < -0.4 is 5.32 Å². The third kappa shape index (κ3) is 6.29. The molecular formula is C14H19NO3S. The normalized spacial score (nSPS) is 11.8. The molecule has 5 heteroatoms. The predicted molar refractivity (Wildman–Crippen MR) is 77.0 cm³/mol. The zero-order chi connectivity index (χ0) is 14.1. The number of nitrogens with one attached hydrogen (secondary N) is 1. The molecule has 19 heavy (non-hydrogen) atoms. The van der Waals surface area contributed by atoms with Crippen molar-refractivity contribution in [1.29, 1.82) is 0 Å². The number of carboxylic acid groups (broad SMARTS) is 1. The zero-order valence-electron chi connectivity index (χ0n) is 11.0. The summed E-state index contributed by atoms with van der Waals surface area (Å²) >= 11 is 1.52. The van der Waals surface area contributed by atoms with Gasteiger partial charge in [0, 0.05) is 12.3 Å². The van der Waals surface area contributed by atoms with Crippen molar-refractivity contribution < 1.29 is 14.7 Å². The molecule has 1 aromatic carbocycles. The van der Waals surface area contributed by atoms with Crippen molar-refractivity contribution in [1.82, 2.24) is 5.32 Å². The SMILES string of the molecule is CCC(CNC(=O)CSCc1ccccc1)C(=O)O. The maximum atomic E-state index is 11.6. The molecule has 0 radical (unpaired) electrons. The van der Waals surface area contributed by atoms with Crippen LogP contribution in [0.2, 0.25) is 0 Å². The molecule has 0 aliphatic rings.